The smallest absolute Gasteiger partial charge is 0.341 e. The minimum Gasteiger partial charge on any atom is -0.477 e. The van der Waals surface area contributed by atoms with Gasteiger partial charge in [-0.15, -0.1) is 5.10 Å². The maximum atomic E-state index is 14.7. The summed E-state index contributed by atoms with van der Waals surface area (Å²) in [6.07, 6.45) is 3.29. The molecule has 1 unspecified atom stereocenters. The van der Waals surface area contributed by atoms with E-state index in [9.17, 15) is 19.1 Å². The maximum absolute atomic E-state index is 14.7. The molecule has 1 fully saturated rings. The third-order valence-electron chi connectivity index (χ3n) is 4.52. The van der Waals surface area contributed by atoms with E-state index < -0.39 is 22.8 Å². The van der Waals surface area contributed by atoms with Crippen LogP contribution in [0, 0.1) is 5.82 Å². The van der Waals surface area contributed by atoms with E-state index in [-0.39, 0.29) is 17.2 Å². The first kappa shape index (κ1) is 16.2. The third kappa shape index (κ3) is 2.51. The molecule has 10 heteroatoms. The van der Waals surface area contributed by atoms with Crippen LogP contribution in [0.25, 0.3) is 16.7 Å². The lowest BCUT2D eigenvalue weighted by molar-refractivity contribution is 0.0695. The molecule has 1 aliphatic rings. The molecular formula is C16H15FN6O3. The molecule has 4 N–H and O–H groups in total. The van der Waals surface area contributed by atoms with Gasteiger partial charge in [0, 0.05) is 25.3 Å². The lowest BCUT2D eigenvalue weighted by Crippen LogP contribution is -2.27. The van der Waals surface area contributed by atoms with Gasteiger partial charge < -0.3 is 15.7 Å². The van der Waals surface area contributed by atoms with Crippen molar-refractivity contribution in [3.63, 3.8) is 0 Å². The Morgan fingerprint density at radius 2 is 2.23 bits per heavy atom. The van der Waals surface area contributed by atoms with Gasteiger partial charge in [-0.2, -0.15) is 10.3 Å². The summed E-state index contributed by atoms with van der Waals surface area (Å²) in [5.74, 6) is -1.71. The van der Waals surface area contributed by atoms with E-state index in [4.69, 9.17) is 5.73 Å². The molecule has 0 spiro atoms. The molecule has 4 rings (SSSR count). The number of anilines is 1. The Kier molecular flexibility index (Phi) is 3.69. The normalized spacial score (nSPS) is 17.2. The number of H-pyrrole nitrogens is 1. The van der Waals surface area contributed by atoms with Gasteiger partial charge >= 0.3 is 5.97 Å². The number of carboxylic acids is 1. The highest BCUT2D eigenvalue weighted by molar-refractivity contribution is 5.94. The molecule has 1 aromatic carbocycles. The zero-order chi connectivity index (χ0) is 18.4. The highest BCUT2D eigenvalue weighted by Crippen LogP contribution is 2.28. The van der Waals surface area contributed by atoms with E-state index in [0.717, 1.165) is 12.5 Å². The van der Waals surface area contributed by atoms with Crippen LogP contribution in [0.5, 0.6) is 0 Å². The lowest BCUT2D eigenvalue weighted by atomic mass is 10.1. The van der Waals surface area contributed by atoms with Crippen LogP contribution in [0.15, 0.2) is 29.3 Å². The molecule has 3 heterocycles. The molecular weight excluding hydrogens is 343 g/mol. The highest BCUT2D eigenvalue weighted by Gasteiger charge is 2.24. The Balaban J connectivity index is 2.02. The summed E-state index contributed by atoms with van der Waals surface area (Å²) in [5, 5.41) is 19.3. The predicted octanol–water partition coefficient (Wildman–Crippen LogP) is 0.483. The van der Waals surface area contributed by atoms with Crippen molar-refractivity contribution in [2.24, 2.45) is 5.73 Å². The summed E-state index contributed by atoms with van der Waals surface area (Å²) in [6, 6.07) is 2.54. The van der Waals surface area contributed by atoms with E-state index in [1.807, 2.05) is 4.90 Å². The van der Waals surface area contributed by atoms with E-state index in [1.54, 1.807) is 0 Å². The van der Waals surface area contributed by atoms with Gasteiger partial charge in [-0.3, -0.25) is 9.36 Å². The van der Waals surface area contributed by atoms with Gasteiger partial charge in [0.25, 0.3) is 0 Å². The number of rotatable bonds is 3. The molecule has 134 valence electrons. The second-order valence-electron chi connectivity index (χ2n) is 6.19. The maximum Gasteiger partial charge on any atom is 0.341 e. The van der Waals surface area contributed by atoms with Crippen LogP contribution in [0.4, 0.5) is 10.1 Å². The zero-order valence-electron chi connectivity index (χ0n) is 13.5. The predicted molar refractivity (Wildman–Crippen MR) is 91.2 cm³/mol. The molecule has 1 saturated heterocycles. The number of halogens is 1. The number of hydrogen-bond acceptors (Lipinski definition) is 6. The summed E-state index contributed by atoms with van der Waals surface area (Å²) < 4.78 is 16.1. The molecule has 0 aliphatic carbocycles. The van der Waals surface area contributed by atoms with Gasteiger partial charge in [0.05, 0.1) is 22.8 Å². The van der Waals surface area contributed by atoms with Crippen molar-refractivity contribution in [1.82, 2.24) is 20.0 Å². The summed E-state index contributed by atoms with van der Waals surface area (Å²) in [7, 11) is 0. The number of nitrogens with one attached hydrogen (secondary N) is 1. The number of carbonyl (C=O) groups is 1. The van der Waals surface area contributed by atoms with Crippen LogP contribution in [0.2, 0.25) is 0 Å². The van der Waals surface area contributed by atoms with Crippen molar-refractivity contribution in [3.05, 3.63) is 46.1 Å². The number of pyridine rings is 1. The molecule has 0 radical (unpaired) electrons. The fraction of sp³-hybridized carbons (Fsp3) is 0.250. The third-order valence-corrected chi connectivity index (χ3v) is 4.52. The van der Waals surface area contributed by atoms with Gasteiger partial charge in [0.2, 0.25) is 5.43 Å². The van der Waals surface area contributed by atoms with Crippen molar-refractivity contribution < 1.29 is 14.3 Å². The summed E-state index contributed by atoms with van der Waals surface area (Å²) in [4.78, 5) is 25.7. The molecule has 26 heavy (non-hydrogen) atoms. The first-order chi connectivity index (χ1) is 12.5. The second kappa shape index (κ2) is 5.92. The first-order valence-corrected chi connectivity index (χ1v) is 7.94. The average Bonchev–Trinajstić information content (AvgIpc) is 3.26. The van der Waals surface area contributed by atoms with Crippen molar-refractivity contribution in [2.45, 2.75) is 12.5 Å². The minimum absolute atomic E-state index is 0.0438. The number of benzene rings is 1. The van der Waals surface area contributed by atoms with Crippen molar-refractivity contribution in [3.8, 4) is 5.82 Å². The largest absolute Gasteiger partial charge is 0.477 e. The standard InChI is InChI=1S/C16H15FN6O3/c17-11-3-9-12(4-13(11)22-2-1-8(18)6-22)23(14-5-19-21-20-14)7-10(15(9)24)16(25)26/h3-5,7-8H,1-2,6,18H2,(H,25,26)(H,19,20,21). The number of hydrogen-bond donors (Lipinski definition) is 3. The van der Waals surface area contributed by atoms with Crippen LogP contribution >= 0.6 is 0 Å². The number of aromatic nitrogens is 4. The first-order valence-electron chi connectivity index (χ1n) is 7.94. The number of nitrogens with zero attached hydrogens (tertiary/aromatic N) is 4. The lowest BCUT2D eigenvalue weighted by Gasteiger charge is -2.20. The van der Waals surface area contributed by atoms with Crippen molar-refractivity contribution in [2.75, 3.05) is 18.0 Å². The van der Waals surface area contributed by atoms with E-state index in [1.165, 1.54) is 23.0 Å². The van der Waals surface area contributed by atoms with Gasteiger partial charge in [-0.25, -0.2) is 9.18 Å². The van der Waals surface area contributed by atoms with Crippen LogP contribution in [0.3, 0.4) is 0 Å². The van der Waals surface area contributed by atoms with Gasteiger partial charge in [0.15, 0.2) is 5.82 Å². The van der Waals surface area contributed by atoms with E-state index in [2.05, 4.69) is 15.4 Å². The molecule has 0 bridgehead atoms. The molecule has 2 aromatic heterocycles. The van der Waals surface area contributed by atoms with Crippen LogP contribution < -0.4 is 16.1 Å². The molecule has 0 amide bonds. The zero-order valence-corrected chi connectivity index (χ0v) is 13.5. The molecule has 1 aliphatic heterocycles. The Morgan fingerprint density at radius 3 is 2.85 bits per heavy atom. The van der Waals surface area contributed by atoms with Crippen molar-refractivity contribution in [1.29, 1.82) is 0 Å². The number of fused-ring (bicyclic) bond motifs is 1. The van der Waals surface area contributed by atoms with Crippen molar-refractivity contribution >= 4 is 22.6 Å². The Hall–Kier alpha value is -3.27. The summed E-state index contributed by atoms with van der Waals surface area (Å²) in [6.45, 7) is 1.11. The SMILES string of the molecule is NC1CCN(c2cc3c(cc2F)c(=O)c(C(=O)O)cn3-c2cn[nH]n2)C1. The van der Waals surface area contributed by atoms with Crippen LogP contribution in [0.1, 0.15) is 16.8 Å². The number of aromatic amines is 1. The molecule has 9 nitrogen and oxygen atoms in total. The quantitative estimate of drug-likeness (QED) is 0.621. The molecule has 0 saturated carbocycles. The second-order valence-corrected chi connectivity index (χ2v) is 6.19. The Morgan fingerprint density at radius 1 is 1.42 bits per heavy atom. The monoisotopic (exact) mass is 358 g/mol. The van der Waals surface area contributed by atoms with Gasteiger partial charge in [0.1, 0.15) is 11.4 Å². The van der Waals surface area contributed by atoms with Gasteiger partial charge in [-0.1, -0.05) is 0 Å². The number of carboxylic acid groups (broad SMARTS) is 1. The van der Waals surface area contributed by atoms with Crippen LogP contribution in [-0.2, 0) is 0 Å². The molecule has 3 aromatic rings. The fourth-order valence-electron chi connectivity index (χ4n) is 3.24. The molecule has 1 atom stereocenters. The Labute approximate surface area is 145 Å². The van der Waals surface area contributed by atoms with E-state index in [0.29, 0.717) is 24.3 Å². The highest BCUT2D eigenvalue weighted by atomic mass is 19.1. The van der Waals surface area contributed by atoms with Gasteiger partial charge in [-0.05, 0) is 18.6 Å². The minimum atomic E-state index is -1.40. The number of aromatic carboxylic acids is 1. The van der Waals surface area contributed by atoms with E-state index >= 15 is 0 Å². The Bertz CT molecular complexity index is 1060. The summed E-state index contributed by atoms with van der Waals surface area (Å²) >= 11 is 0. The van der Waals surface area contributed by atoms with Crippen LogP contribution in [-0.4, -0.2) is 50.2 Å². The number of nitrogens with two attached hydrogens (primary N) is 1. The summed E-state index contributed by atoms with van der Waals surface area (Å²) in [5.41, 5.74) is 5.32. The topological polar surface area (TPSA) is 130 Å². The average molecular weight is 358 g/mol. The fourth-order valence-corrected chi connectivity index (χ4v) is 3.24.